The molecule has 2 fully saturated rings. The lowest BCUT2D eigenvalue weighted by molar-refractivity contribution is 0.137. The lowest BCUT2D eigenvalue weighted by Crippen LogP contribution is -2.19. The highest BCUT2D eigenvalue weighted by Crippen LogP contribution is 2.39. The maximum atomic E-state index is 6.12. The summed E-state index contributed by atoms with van der Waals surface area (Å²) < 4.78 is 6.12. The van der Waals surface area contributed by atoms with Gasteiger partial charge in [0.25, 0.3) is 0 Å². The monoisotopic (exact) mass is 539 g/mol. The second-order valence-electron chi connectivity index (χ2n) is 15.3. The normalized spacial score (nSPS) is 32.4. The first-order chi connectivity index (χ1) is 19.0. The number of allylic oxidation sites excluding steroid dienone is 2. The van der Waals surface area contributed by atoms with Crippen LogP contribution in [0.4, 0.5) is 0 Å². The Labute approximate surface area is 244 Å². The third-order valence-corrected chi connectivity index (χ3v) is 12.0. The van der Waals surface area contributed by atoms with E-state index in [1.165, 1.54) is 128 Å². The average Bonchev–Trinajstić information content (AvgIpc) is 2.96. The minimum atomic E-state index is 0.896. The summed E-state index contributed by atoms with van der Waals surface area (Å²) in [7, 11) is 0. The largest absolute Gasteiger partial charge is 0.381 e. The summed E-state index contributed by atoms with van der Waals surface area (Å²) in [6.45, 7) is 11.6. The second kappa shape index (κ2) is 16.8. The van der Waals surface area contributed by atoms with Gasteiger partial charge in [0.15, 0.2) is 0 Å². The highest BCUT2D eigenvalue weighted by Gasteiger charge is 2.25. The first kappa shape index (κ1) is 31.4. The first-order valence-corrected chi connectivity index (χ1v) is 17.9. The van der Waals surface area contributed by atoms with E-state index in [1.807, 2.05) is 0 Å². The molecule has 224 valence electrons. The number of ether oxygens (including phenoxy) is 1. The minimum absolute atomic E-state index is 0.896. The molecule has 0 heterocycles. The molecular weight excluding hydrogens is 472 g/mol. The van der Waals surface area contributed by atoms with E-state index in [0.717, 1.165) is 60.6 Å². The topological polar surface area (TPSA) is 9.23 Å². The fourth-order valence-corrected chi connectivity index (χ4v) is 8.60. The first-order valence-electron chi connectivity index (χ1n) is 17.9. The predicted molar refractivity (Wildman–Crippen MR) is 170 cm³/mol. The molecule has 0 spiro atoms. The molecule has 0 amide bonds. The quantitative estimate of drug-likeness (QED) is 0.158. The van der Waals surface area contributed by atoms with Crippen molar-refractivity contribution in [3.63, 3.8) is 0 Å². The Kier molecular flexibility index (Phi) is 13.5. The van der Waals surface area contributed by atoms with E-state index in [2.05, 4.69) is 39.8 Å². The zero-order valence-corrected chi connectivity index (χ0v) is 26.7. The smallest absolute Gasteiger partial charge is 0.0503 e. The SMILES string of the molecule is CC(C)C1CCC(CCC2CC=C(CCOCCC3=CCC(CCC4CCC(C(C)C)CC4)CC3)CC2)CC1. The van der Waals surface area contributed by atoms with Crippen LogP contribution in [0.5, 0.6) is 0 Å². The molecule has 1 nitrogen and oxygen atoms in total. The van der Waals surface area contributed by atoms with Crippen LogP contribution in [0.3, 0.4) is 0 Å². The Balaban J connectivity index is 0.989. The van der Waals surface area contributed by atoms with Gasteiger partial charge in [-0.25, -0.2) is 0 Å². The van der Waals surface area contributed by atoms with Gasteiger partial charge < -0.3 is 4.74 Å². The van der Waals surface area contributed by atoms with Gasteiger partial charge in [0.05, 0.1) is 13.2 Å². The minimum Gasteiger partial charge on any atom is -0.381 e. The standard InChI is InChI=1S/C38H66O/c1-29(2)37-21-17-33(18-22-37)7-5-31-9-13-35(14-10-31)25-27-39-28-26-36-15-11-32(12-16-36)6-8-34-19-23-38(24-20-34)30(3)4/h13,15,29-34,37-38H,5-12,14,16-28H2,1-4H3. The van der Waals surface area contributed by atoms with Crippen LogP contribution in [-0.2, 0) is 4.74 Å². The molecular formula is C38H66O. The Bertz CT molecular complexity index is 666. The van der Waals surface area contributed by atoms with Crippen molar-refractivity contribution in [3.05, 3.63) is 23.3 Å². The van der Waals surface area contributed by atoms with Gasteiger partial charge in [-0.1, -0.05) is 89.5 Å². The van der Waals surface area contributed by atoms with Crippen molar-refractivity contribution in [2.75, 3.05) is 13.2 Å². The lowest BCUT2D eigenvalue weighted by atomic mass is 9.74. The lowest BCUT2D eigenvalue weighted by Gasteiger charge is -2.32. The summed E-state index contributed by atoms with van der Waals surface area (Å²) in [5.41, 5.74) is 3.36. The van der Waals surface area contributed by atoms with Gasteiger partial charge in [-0.2, -0.15) is 0 Å². The molecule has 2 atom stereocenters. The Hall–Kier alpha value is -0.560. The molecule has 0 radical (unpaired) electrons. The number of rotatable bonds is 14. The molecule has 0 bridgehead atoms. The molecule has 1 heteroatoms. The van der Waals surface area contributed by atoms with Crippen molar-refractivity contribution in [1.82, 2.24) is 0 Å². The summed E-state index contributed by atoms with van der Waals surface area (Å²) in [5, 5.41) is 0. The van der Waals surface area contributed by atoms with Crippen LogP contribution in [0.1, 0.15) is 156 Å². The third kappa shape index (κ3) is 11.0. The van der Waals surface area contributed by atoms with Crippen LogP contribution in [0.2, 0.25) is 0 Å². The Morgan fingerprint density at radius 3 is 1.26 bits per heavy atom. The fraction of sp³-hybridized carbons (Fsp3) is 0.895. The van der Waals surface area contributed by atoms with E-state index in [-0.39, 0.29) is 0 Å². The van der Waals surface area contributed by atoms with Crippen molar-refractivity contribution >= 4 is 0 Å². The molecule has 0 aromatic carbocycles. The van der Waals surface area contributed by atoms with Gasteiger partial charge in [-0.05, 0) is 137 Å². The number of hydrogen-bond acceptors (Lipinski definition) is 1. The van der Waals surface area contributed by atoms with Crippen molar-refractivity contribution in [2.45, 2.75) is 156 Å². The Morgan fingerprint density at radius 1 is 0.538 bits per heavy atom. The van der Waals surface area contributed by atoms with Crippen LogP contribution in [-0.4, -0.2) is 13.2 Å². The zero-order valence-electron chi connectivity index (χ0n) is 26.7. The predicted octanol–water partition coefficient (Wildman–Crippen LogP) is 11.7. The van der Waals surface area contributed by atoms with Gasteiger partial charge in [-0.15, -0.1) is 0 Å². The third-order valence-electron chi connectivity index (χ3n) is 12.0. The zero-order chi connectivity index (χ0) is 27.5. The van der Waals surface area contributed by atoms with Gasteiger partial charge in [-0.3, -0.25) is 0 Å². The van der Waals surface area contributed by atoms with Crippen molar-refractivity contribution in [1.29, 1.82) is 0 Å². The maximum absolute atomic E-state index is 6.12. The molecule has 0 saturated heterocycles. The van der Waals surface area contributed by atoms with Crippen molar-refractivity contribution in [3.8, 4) is 0 Å². The van der Waals surface area contributed by atoms with E-state index in [9.17, 15) is 0 Å². The van der Waals surface area contributed by atoms with Crippen molar-refractivity contribution < 1.29 is 4.74 Å². The van der Waals surface area contributed by atoms with Gasteiger partial charge in [0, 0.05) is 0 Å². The highest BCUT2D eigenvalue weighted by molar-refractivity contribution is 5.07. The van der Waals surface area contributed by atoms with E-state index < -0.39 is 0 Å². The van der Waals surface area contributed by atoms with Gasteiger partial charge >= 0.3 is 0 Å². The van der Waals surface area contributed by atoms with Gasteiger partial charge in [0.1, 0.15) is 0 Å². The molecule has 0 aromatic rings. The molecule has 0 aromatic heterocycles. The molecule has 4 aliphatic rings. The second-order valence-corrected chi connectivity index (χ2v) is 15.3. The molecule has 4 rings (SSSR count). The Morgan fingerprint density at radius 2 is 0.923 bits per heavy atom. The van der Waals surface area contributed by atoms with Crippen molar-refractivity contribution in [2.24, 2.45) is 47.3 Å². The van der Waals surface area contributed by atoms with Crippen LogP contribution >= 0.6 is 0 Å². The molecule has 39 heavy (non-hydrogen) atoms. The molecule has 2 saturated carbocycles. The molecule has 2 unspecified atom stereocenters. The van der Waals surface area contributed by atoms with Crippen LogP contribution in [0, 0.1) is 47.3 Å². The van der Waals surface area contributed by atoms with Crippen LogP contribution in [0.25, 0.3) is 0 Å². The summed E-state index contributed by atoms with van der Waals surface area (Å²) in [6.07, 6.45) is 33.7. The summed E-state index contributed by atoms with van der Waals surface area (Å²) in [5.74, 6) is 7.79. The van der Waals surface area contributed by atoms with E-state index >= 15 is 0 Å². The highest BCUT2D eigenvalue weighted by atomic mass is 16.5. The summed E-state index contributed by atoms with van der Waals surface area (Å²) >= 11 is 0. The van der Waals surface area contributed by atoms with Gasteiger partial charge in [0.2, 0.25) is 0 Å². The molecule has 4 aliphatic carbocycles. The average molecular weight is 539 g/mol. The van der Waals surface area contributed by atoms with E-state index in [4.69, 9.17) is 4.74 Å². The van der Waals surface area contributed by atoms with Crippen LogP contribution in [0.15, 0.2) is 23.3 Å². The number of hydrogen-bond donors (Lipinski definition) is 0. The maximum Gasteiger partial charge on any atom is 0.0503 e. The summed E-state index contributed by atoms with van der Waals surface area (Å²) in [4.78, 5) is 0. The summed E-state index contributed by atoms with van der Waals surface area (Å²) in [6, 6.07) is 0. The molecule has 0 aliphatic heterocycles. The van der Waals surface area contributed by atoms with E-state index in [0.29, 0.717) is 0 Å². The van der Waals surface area contributed by atoms with E-state index in [1.54, 1.807) is 11.1 Å². The molecule has 0 N–H and O–H groups in total. The fourth-order valence-electron chi connectivity index (χ4n) is 8.60. The van der Waals surface area contributed by atoms with Crippen LogP contribution < -0.4 is 0 Å².